The van der Waals surface area contributed by atoms with Crippen LogP contribution < -0.4 is 16.4 Å². The lowest BCUT2D eigenvalue weighted by Crippen LogP contribution is -2.59. The number of hydrogen-bond donors (Lipinski definition) is 4. The fourth-order valence-corrected chi connectivity index (χ4v) is 2.90. The SMILES string of the molecule is CC.Nc1c(C(=O)NCC(O)(CNCc2ccccc2)C(F)(F)F)cnn1-c1ccccc1. The van der Waals surface area contributed by atoms with Crippen molar-refractivity contribution in [1.29, 1.82) is 0 Å². The number of nitrogens with two attached hydrogens (primary N) is 1. The number of hydrogen-bond acceptors (Lipinski definition) is 5. The second-order valence-electron chi connectivity index (χ2n) is 6.99. The molecule has 1 aromatic heterocycles. The van der Waals surface area contributed by atoms with Crippen LogP contribution in [0.2, 0.25) is 0 Å². The van der Waals surface area contributed by atoms with Crippen LogP contribution >= 0.6 is 0 Å². The second kappa shape index (κ2) is 11.5. The van der Waals surface area contributed by atoms with E-state index < -0.39 is 30.8 Å². The van der Waals surface area contributed by atoms with Crippen LogP contribution in [0, 0.1) is 0 Å². The van der Waals surface area contributed by atoms with E-state index in [0.717, 1.165) is 11.8 Å². The van der Waals surface area contributed by atoms with Gasteiger partial charge in [0.05, 0.1) is 18.4 Å². The van der Waals surface area contributed by atoms with Crippen molar-refractivity contribution in [3.05, 3.63) is 78.0 Å². The lowest BCUT2D eigenvalue weighted by atomic mass is 10.0. The third-order valence-corrected chi connectivity index (χ3v) is 4.71. The number of nitrogens with zero attached hydrogens (tertiary/aromatic N) is 2. The molecule has 1 unspecified atom stereocenters. The lowest BCUT2D eigenvalue weighted by Gasteiger charge is -2.31. The Bertz CT molecular complexity index is 1010. The maximum absolute atomic E-state index is 13.5. The van der Waals surface area contributed by atoms with Gasteiger partial charge in [-0.2, -0.15) is 18.3 Å². The van der Waals surface area contributed by atoms with Crippen molar-refractivity contribution in [3.63, 3.8) is 0 Å². The van der Waals surface area contributed by atoms with E-state index in [1.165, 1.54) is 4.68 Å². The van der Waals surface area contributed by atoms with Crippen LogP contribution in [0.1, 0.15) is 29.8 Å². The Kier molecular flexibility index (Phi) is 9.01. The third kappa shape index (κ3) is 6.56. The fourth-order valence-electron chi connectivity index (χ4n) is 2.90. The number of nitrogens with one attached hydrogen (secondary N) is 2. The van der Waals surface area contributed by atoms with Gasteiger partial charge in [-0.1, -0.05) is 62.4 Å². The summed E-state index contributed by atoms with van der Waals surface area (Å²) in [5, 5.41) is 18.9. The van der Waals surface area contributed by atoms with Crippen molar-refractivity contribution in [1.82, 2.24) is 20.4 Å². The highest BCUT2D eigenvalue weighted by atomic mass is 19.4. The molecule has 0 aliphatic heterocycles. The summed E-state index contributed by atoms with van der Waals surface area (Å²) in [5.41, 5.74) is 4.05. The number of alkyl halides is 3. The molecule has 5 N–H and O–H groups in total. The van der Waals surface area contributed by atoms with Crippen LogP contribution in [0.5, 0.6) is 0 Å². The number of amides is 1. The van der Waals surface area contributed by atoms with E-state index in [4.69, 9.17) is 5.73 Å². The zero-order valence-corrected chi connectivity index (χ0v) is 18.4. The van der Waals surface area contributed by atoms with Crippen LogP contribution in [0.4, 0.5) is 19.0 Å². The minimum absolute atomic E-state index is 0.0264. The van der Waals surface area contributed by atoms with Gasteiger partial charge in [-0.05, 0) is 17.7 Å². The van der Waals surface area contributed by atoms with Crippen molar-refractivity contribution in [2.24, 2.45) is 0 Å². The van der Waals surface area contributed by atoms with Gasteiger partial charge in [-0.3, -0.25) is 4.79 Å². The molecule has 0 saturated heterocycles. The molecule has 0 fully saturated rings. The van der Waals surface area contributed by atoms with Gasteiger partial charge in [0.1, 0.15) is 11.4 Å². The molecule has 3 aromatic rings. The summed E-state index contributed by atoms with van der Waals surface area (Å²) in [6, 6.07) is 17.5. The van der Waals surface area contributed by atoms with Crippen LogP contribution in [0.15, 0.2) is 66.9 Å². The highest BCUT2D eigenvalue weighted by Crippen LogP contribution is 2.30. The molecule has 0 saturated carbocycles. The normalized spacial score (nSPS) is 12.9. The molecule has 0 radical (unpaired) electrons. The van der Waals surface area contributed by atoms with E-state index in [1.807, 2.05) is 13.8 Å². The number of rotatable bonds is 8. The van der Waals surface area contributed by atoms with Crippen molar-refractivity contribution in [2.45, 2.75) is 32.2 Å². The summed E-state index contributed by atoms with van der Waals surface area (Å²) in [6.45, 7) is 2.28. The van der Waals surface area contributed by atoms with Gasteiger partial charge in [0.15, 0.2) is 5.60 Å². The Labute approximate surface area is 190 Å². The van der Waals surface area contributed by atoms with Gasteiger partial charge >= 0.3 is 6.18 Å². The van der Waals surface area contributed by atoms with E-state index >= 15 is 0 Å². The first kappa shape index (κ1) is 25.9. The monoisotopic (exact) mass is 463 g/mol. The maximum atomic E-state index is 13.5. The zero-order valence-electron chi connectivity index (χ0n) is 18.4. The number of carbonyl (C=O) groups is 1. The van der Waals surface area contributed by atoms with Crippen LogP contribution in [-0.2, 0) is 6.54 Å². The summed E-state index contributed by atoms with van der Waals surface area (Å²) >= 11 is 0. The molecule has 1 amide bonds. The molecule has 0 spiro atoms. The first-order valence-corrected chi connectivity index (χ1v) is 10.4. The van der Waals surface area contributed by atoms with Gasteiger partial charge in [0, 0.05) is 13.1 Å². The number of anilines is 1. The Hall–Kier alpha value is -3.37. The Balaban J connectivity index is 0.00000187. The summed E-state index contributed by atoms with van der Waals surface area (Å²) in [5.74, 6) is -0.896. The number of para-hydroxylation sites is 1. The van der Waals surface area contributed by atoms with Crippen LogP contribution in [0.25, 0.3) is 5.69 Å². The largest absolute Gasteiger partial charge is 0.420 e. The summed E-state index contributed by atoms with van der Waals surface area (Å²) in [6.07, 6.45) is -3.80. The first-order chi connectivity index (χ1) is 15.7. The molecular weight excluding hydrogens is 435 g/mol. The van der Waals surface area contributed by atoms with Gasteiger partial charge in [-0.15, -0.1) is 0 Å². The maximum Gasteiger partial charge on any atom is 0.420 e. The van der Waals surface area contributed by atoms with E-state index in [-0.39, 0.29) is 17.9 Å². The topological polar surface area (TPSA) is 105 Å². The molecule has 2 aromatic carbocycles. The third-order valence-electron chi connectivity index (χ3n) is 4.71. The molecule has 0 aliphatic carbocycles. The zero-order chi connectivity index (χ0) is 24.5. The quantitative estimate of drug-likeness (QED) is 0.410. The molecule has 0 aliphatic rings. The minimum atomic E-state index is -4.97. The predicted molar refractivity (Wildman–Crippen MR) is 121 cm³/mol. The number of carbonyl (C=O) groups excluding carboxylic acids is 1. The summed E-state index contributed by atoms with van der Waals surface area (Å²) < 4.78 is 41.8. The number of halogens is 3. The molecule has 3 rings (SSSR count). The Morgan fingerprint density at radius 1 is 1.03 bits per heavy atom. The van der Waals surface area contributed by atoms with E-state index in [2.05, 4.69) is 15.7 Å². The second-order valence-corrected chi connectivity index (χ2v) is 6.99. The van der Waals surface area contributed by atoms with Gasteiger partial charge in [0.2, 0.25) is 0 Å². The Morgan fingerprint density at radius 2 is 1.61 bits per heavy atom. The van der Waals surface area contributed by atoms with Crippen LogP contribution in [-0.4, -0.2) is 45.7 Å². The smallest absolute Gasteiger partial charge is 0.383 e. The molecule has 10 heteroatoms. The van der Waals surface area contributed by atoms with E-state index in [1.54, 1.807) is 60.7 Å². The highest BCUT2D eigenvalue weighted by molar-refractivity contribution is 5.98. The first-order valence-electron chi connectivity index (χ1n) is 10.4. The molecule has 7 nitrogen and oxygen atoms in total. The Morgan fingerprint density at radius 3 is 2.18 bits per heavy atom. The summed E-state index contributed by atoms with van der Waals surface area (Å²) in [7, 11) is 0. The number of benzene rings is 2. The standard InChI is InChI=1S/C21H22F3N5O2.C2H6/c22-21(23,24)20(31,13-26-11-15-7-3-1-4-8-15)14-27-19(30)17-12-28-29(18(17)25)16-9-5-2-6-10-16;1-2/h1-10,12,26,31H,11,13-14,25H2,(H,27,30);1-2H3. The molecule has 0 bridgehead atoms. The van der Waals surface area contributed by atoms with E-state index in [0.29, 0.717) is 5.69 Å². The van der Waals surface area contributed by atoms with E-state index in [9.17, 15) is 23.1 Å². The lowest BCUT2D eigenvalue weighted by molar-refractivity contribution is -0.255. The van der Waals surface area contributed by atoms with Crippen molar-refractivity contribution in [3.8, 4) is 5.69 Å². The highest BCUT2D eigenvalue weighted by Gasteiger charge is 2.53. The van der Waals surface area contributed by atoms with Crippen molar-refractivity contribution in [2.75, 3.05) is 18.8 Å². The number of nitrogen functional groups attached to an aromatic ring is 1. The van der Waals surface area contributed by atoms with Crippen molar-refractivity contribution < 1.29 is 23.1 Å². The molecule has 178 valence electrons. The minimum Gasteiger partial charge on any atom is -0.383 e. The molecular formula is C23H28F3N5O2. The molecule has 1 atom stereocenters. The average Bonchev–Trinajstić information content (AvgIpc) is 3.20. The summed E-state index contributed by atoms with van der Waals surface area (Å²) in [4.78, 5) is 12.4. The average molecular weight is 464 g/mol. The van der Waals surface area contributed by atoms with Gasteiger partial charge in [-0.25, -0.2) is 4.68 Å². The van der Waals surface area contributed by atoms with Crippen molar-refractivity contribution >= 4 is 11.7 Å². The fraction of sp³-hybridized carbons (Fsp3) is 0.304. The van der Waals surface area contributed by atoms with Crippen LogP contribution in [0.3, 0.4) is 0 Å². The predicted octanol–water partition coefficient (Wildman–Crippen LogP) is 3.29. The number of aromatic nitrogens is 2. The molecule has 33 heavy (non-hydrogen) atoms. The molecule has 1 heterocycles. The van der Waals surface area contributed by atoms with Gasteiger partial charge < -0.3 is 21.5 Å². The van der Waals surface area contributed by atoms with Gasteiger partial charge in [0.25, 0.3) is 5.91 Å². The number of aliphatic hydroxyl groups is 1.